The summed E-state index contributed by atoms with van der Waals surface area (Å²) in [6.07, 6.45) is -16.4. The quantitative estimate of drug-likeness (QED) is 0.237. The van der Waals surface area contributed by atoms with Gasteiger partial charge in [-0.2, -0.15) is 31.1 Å². The Morgan fingerprint density at radius 3 is 2.11 bits per heavy atom. The number of aliphatic carboxylic acids is 1. The van der Waals surface area contributed by atoms with E-state index in [2.05, 4.69) is 20.1 Å². The van der Waals surface area contributed by atoms with Crippen LogP contribution in [0.25, 0.3) is 0 Å². The molecule has 0 aliphatic carbocycles. The standard InChI is InChI=1S/C26H23F9N6O4/c1-3-16-9-20(18-10-17(45-26(33,34)35)4-5-19(18)41(16)21(42)11-22(43)44)40(23-36-38-39(2)37-23)12-13-6-14(24(27,28)29)8-15(7-13)25(30,31)32/h4-8,10,16,20H,3,9,11-12H2,1-2H3,(H,43,44). The maximum absolute atomic E-state index is 13.6. The zero-order chi connectivity index (χ0) is 33.5. The third-order valence-electron chi connectivity index (χ3n) is 6.89. The van der Waals surface area contributed by atoms with E-state index in [1.165, 1.54) is 7.05 Å². The number of ether oxygens (including phenoxy) is 1. The molecule has 0 fully saturated rings. The molecule has 2 atom stereocenters. The Labute approximate surface area is 248 Å². The first-order valence-electron chi connectivity index (χ1n) is 13.0. The predicted octanol–water partition coefficient (Wildman–Crippen LogP) is 5.88. The highest BCUT2D eigenvalue weighted by atomic mass is 19.4. The summed E-state index contributed by atoms with van der Waals surface area (Å²) in [7, 11) is 1.33. The summed E-state index contributed by atoms with van der Waals surface area (Å²) < 4.78 is 125. The van der Waals surface area contributed by atoms with Gasteiger partial charge in [-0.15, -0.1) is 18.3 Å². The summed E-state index contributed by atoms with van der Waals surface area (Å²) in [6.45, 7) is 0.912. The summed E-state index contributed by atoms with van der Waals surface area (Å²) >= 11 is 0. The molecule has 10 nitrogen and oxygen atoms in total. The molecule has 244 valence electrons. The molecule has 1 aliphatic rings. The molecule has 0 saturated carbocycles. The van der Waals surface area contributed by atoms with Gasteiger partial charge in [0, 0.05) is 23.8 Å². The van der Waals surface area contributed by atoms with Crippen molar-refractivity contribution in [3.05, 3.63) is 58.7 Å². The van der Waals surface area contributed by atoms with Gasteiger partial charge < -0.3 is 19.6 Å². The lowest BCUT2D eigenvalue weighted by molar-refractivity contribution is -0.274. The number of hydrogen-bond donors (Lipinski definition) is 1. The summed E-state index contributed by atoms with van der Waals surface area (Å²) in [5, 5.41) is 20.8. The Bertz CT molecular complexity index is 1540. The Balaban J connectivity index is 1.92. The van der Waals surface area contributed by atoms with Crippen molar-refractivity contribution in [1.29, 1.82) is 0 Å². The molecule has 2 unspecified atom stereocenters. The van der Waals surface area contributed by atoms with E-state index in [-0.39, 0.29) is 36.1 Å². The number of benzene rings is 2. The topological polar surface area (TPSA) is 114 Å². The molecule has 45 heavy (non-hydrogen) atoms. The van der Waals surface area contributed by atoms with Crippen LogP contribution in [0.1, 0.15) is 54.5 Å². The highest BCUT2D eigenvalue weighted by Gasteiger charge is 2.42. The number of fused-ring (bicyclic) bond motifs is 1. The number of alkyl halides is 9. The fraction of sp³-hybridized carbons (Fsp3) is 0.423. The van der Waals surface area contributed by atoms with Gasteiger partial charge in [-0.25, -0.2) is 0 Å². The maximum atomic E-state index is 13.6. The summed E-state index contributed by atoms with van der Waals surface area (Å²) in [5.74, 6) is -3.44. The highest BCUT2D eigenvalue weighted by Crippen LogP contribution is 2.46. The summed E-state index contributed by atoms with van der Waals surface area (Å²) in [4.78, 5) is 27.6. The van der Waals surface area contributed by atoms with Crippen molar-refractivity contribution in [3.63, 3.8) is 0 Å². The molecule has 0 spiro atoms. The zero-order valence-electron chi connectivity index (χ0n) is 23.2. The van der Waals surface area contributed by atoms with Crippen LogP contribution in [0.5, 0.6) is 5.75 Å². The van der Waals surface area contributed by atoms with Crippen molar-refractivity contribution >= 4 is 23.5 Å². The molecule has 2 heterocycles. The predicted molar refractivity (Wildman–Crippen MR) is 136 cm³/mol. The highest BCUT2D eigenvalue weighted by molar-refractivity contribution is 6.04. The molecule has 0 saturated heterocycles. The van der Waals surface area contributed by atoms with E-state index in [0.717, 1.165) is 32.8 Å². The number of carboxylic acid groups (broad SMARTS) is 1. The second kappa shape index (κ2) is 12.1. The van der Waals surface area contributed by atoms with Crippen LogP contribution in [0.4, 0.5) is 51.1 Å². The second-order valence-electron chi connectivity index (χ2n) is 10.0. The van der Waals surface area contributed by atoms with Crippen LogP contribution in [0, 0.1) is 0 Å². The monoisotopic (exact) mass is 654 g/mol. The van der Waals surface area contributed by atoms with Crippen molar-refractivity contribution in [2.75, 3.05) is 9.80 Å². The fourth-order valence-electron chi connectivity index (χ4n) is 5.12. The van der Waals surface area contributed by atoms with Crippen molar-refractivity contribution in [2.24, 2.45) is 7.05 Å². The molecule has 19 heteroatoms. The number of amides is 1. The molecular formula is C26H23F9N6O4. The minimum atomic E-state index is -5.16. The Hall–Kier alpha value is -4.58. The van der Waals surface area contributed by atoms with Crippen LogP contribution in [-0.2, 0) is 35.5 Å². The summed E-state index contributed by atoms with van der Waals surface area (Å²) in [6, 6.07) is 1.81. The normalized spacial score (nSPS) is 17.2. The van der Waals surface area contributed by atoms with E-state index in [0.29, 0.717) is 12.1 Å². The first-order valence-corrected chi connectivity index (χ1v) is 13.0. The van der Waals surface area contributed by atoms with Crippen LogP contribution in [0.2, 0.25) is 0 Å². The van der Waals surface area contributed by atoms with E-state index in [9.17, 15) is 54.2 Å². The van der Waals surface area contributed by atoms with E-state index in [4.69, 9.17) is 0 Å². The van der Waals surface area contributed by atoms with E-state index in [1.54, 1.807) is 6.92 Å². The molecule has 4 rings (SSSR count). The number of aromatic nitrogens is 4. The minimum Gasteiger partial charge on any atom is -0.481 e. The molecule has 1 amide bonds. The molecular weight excluding hydrogens is 631 g/mol. The van der Waals surface area contributed by atoms with Crippen molar-refractivity contribution in [3.8, 4) is 5.75 Å². The number of rotatable bonds is 8. The summed E-state index contributed by atoms with van der Waals surface area (Å²) in [5.41, 5.74) is -3.82. The Kier molecular flexibility index (Phi) is 8.94. The molecule has 1 aromatic heterocycles. The minimum absolute atomic E-state index is 0.0483. The van der Waals surface area contributed by atoms with Gasteiger partial charge in [0.1, 0.15) is 12.2 Å². The average molecular weight is 654 g/mol. The van der Waals surface area contributed by atoms with Crippen LogP contribution >= 0.6 is 0 Å². The number of aryl methyl sites for hydroxylation is 1. The molecule has 1 N–H and O–H groups in total. The Morgan fingerprint density at radius 1 is 1.00 bits per heavy atom. The van der Waals surface area contributed by atoms with Gasteiger partial charge >= 0.3 is 24.7 Å². The van der Waals surface area contributed by atoms with Gasteiger partial charge in [0.05, 0.1) is 24.2 Å². The van der Waals surface area contributed by atoms with Crippen LogP contribution in [0.15, 0.2) is 36.4 Å². The van der Waals surface area contributed by atoms with E-state index in [1.807, 2.05) is 0 Å². The number of nitrogens with zero attached hydrogens (tertiary/aromatic N) is 6. The number of carboxylic acids is 1. The van der Waals surface area contributed by atoms with Gasteiger partial charge in [0.15, 0.2) is 0 Å². The number of carbonyl (C=O) groups excluding carboxylic acids is 1. The van der Waals surface area contributed by atoms with Crippen LogP contribution in [0.3, 0.4) is 0 Å². The average Bonchev–Trinajstić information content (AvgIpc) is 3.34. The lowest BCUT2D eigenvalue weighted by atomic mass is 9.87. The molecule has 3 aromatic rings. The van der Waals surface area contributed by atoms with Crippen molar-refractivity contribution in [2.45, 2.75) is 63.5 Å². The second-order valence-corrected chi connectivity index (χ2v) is 10.0. The number of carbonyl (C=O) groups is 2. The number of anilines is 2. The smallest absolute Gasteiger partial charge is 0.481 e. The lowest BCUT2D eigenvalue weighted by Gasteiger charge is -2.44. The molecule has 0 bridgehead atoms. The first-order chi connectivity index (χ1) is 20.8. The van der Waals surface area contributed by atoms with Gasteiger partial charge in [-0.3, -0.25) is 9.59 Å². The van der Waals surface area contributed by atoms with Crippen molar-refractivity contribution in [1.82, 2.24) is 20.2 Å². The molecule has 0 radical (unpaired) electrons. The Morgan fingerprint density at radius 2 is 1.62 bits per heavy atom. The van der Waals surface area contributed by atoms with Crippen molar-refractivity contribution < 1.29 is 58.9 Å². The molecule has 1 aliphatic heterocycles. The number of tetrazole rings is 1. The largest absolute Gasteiger partial charge is 0.573 e. The first kappa shape index (κ1) is 33.3. The molecule has 2 aromatic carbocycles. The van der Waals surface area contributed by atoms with Gasteiger partial charge in [-0.1, -0.05) is 12.0 Å². The van der Waals surface area contributed by atoms with Gasteiger partial charge in [0.25, 0.3) is 5.95 Å². The van der Waals surface area contributed by atoms with Gasteiger partial charge in [-0.05, 0) is 60.0 Å². The maximum Gasteiger partial charge on any atom is 0.573 e. The SMILES string of the molecule is CCC1CC(N(Cc2cc(C(F)(F)F)cc(C(F)(F)F)c2)c2nnn(C)n2)c2cc(OC(F)(F)F)ccc2N1C(=O)CC(=O)O. The van der Waals surface area contributed by atoms with Crippen LogP contribution < -0.4 is 14.5 Å². The van der Waals surface area contributed by atoms with Gasteiger partial charge in [0.2, 0.25) is 5.91 Å². The number of halogens is 9. The fourth-order valence-corrected chi connectivity index (χ4v) is 5.12. The third-order valence-corrected chi connectivity index (χ3v) is 6.89. The third kappa shape index (κ3) is 7.75. The van der Waals surface area contributed by atoms with E-state index < -0.39 is 78.1 Å². The van der Waals surface area contributed by atoms with Crippen LogP contribution in [-0.4, -0.2) is 49.6 Å². The zero-order valence-corrected chi connectivity index (χ0v) is 23.2. The van der Waals surface area contributed by atoms with E-state index >= 15 is 0 Å². The number of hydrogen-bond acceptors (Lipinski definition) is 7. The lowest BCUT2D eigenvalue weighted by Crippen LogP contribution is -2.48.